The predicted octanol–water partition coefficient (Wildman–Crippen LogP) is 4.21. The summed E-state index contributed by atoms with van der Waals surface area (Å²) in [6, 6.07) is 18.4. The molecule has 0 aliphatic rings. The third-order valence-electron chi connectivity index (χ3n) is 3.94. The van der Waals surface area contributed by atoms with Crippen molar-refractivity contribution in [1.82, 2.24) is 9.55 Å². The highest BCUT2D eigenvalue weighted by molar-refractivity contribution is 5.78. The number of rotatable bonds is 7. The first kappa shape index (κ1) is 15.3. The molecule has 4 heteroatoms. The van der Waals surface area contributed by atoms with Crippen LogP contribution in [0, 0.1) is 0 Å². The van der Waals surface area contributed by atoms with Gasteiger partial charge in [-0.1, -0.05) is 36.8 Å². The van der Waals surface area contributed by atoms with Crippen LogP contribution in [0.1, 0.15) is 31.5 Å². The van der Waals surface area contributed by atoms with Crippen LogP contribution in [0.3, 0.4) is 0 Å². The van der Waals surface area contributed by atoms with Gasteiger partial charge in [-0.3, -0.25) is 9.36 Å². The van der Waals surface area contributed by atoms with E-state index in [0.29, 0.717) is 0 Å². The second-order valence-electron chi connectivity index (χ2n) is 5.64. The quantitative estimate of drug-likeness (QED) is 0.665. The van der Waals surface area contributed by atoms with Crippen molar-refractivity contribution >= 4 is 17.0 Å². The highest BCUT2D eigenvalue weighted by atomic mass is 16.4. The lowest BCUT2D eigenvalue weighted by Crippen LogP contribution is -2.02. The summed E-state index contributed by atoms with van der Waals surface area (Å²) in [6.07, 6.45) is 3.67. The monoisotopic (exact) mass is 308 g/mol. The summed E-state index contributed by atoms with van der Waals surface area (Å²) < 4.78 is 2.20. The number of carbonyl (C=O) groups is 1. The van der Waals surface area contributed by atoms with Gasteiger partial charge in [0.05, 0.1) is 11.0 Å². The van der Waals surface area contributed by atoms with Gasteiger partial charge in [0.15, 0.2) is 0 Å². The van der Waals surface area contributed by atoms with Crippen LogP contribution in [-0.4, -0.2) is 20.6 Å². The van der Waals surface area contributed by atoms with Gasteiger partial charge in [-0.2, -0.15) is 0 Å². The first-order valence-electron chi connectivity index (χ1n) is 7.99. The zero-order valence-corrected chi connectivity index (χ0v) is 13.0. The number of aryl methyl sites for hydroxylation is 1. The maximum Gasteiger partial charge on any atom is 0.303 e. The van der Waals surface area contributed by atoms with E-state index < -0.39 is 5.97 Å². The van der Waals surface area contributed by atoms with E-state index in [1.165, 1.54) is 0 Å². The SMILES string of the molecule is O=C(O)CCCCCc1nc2ccccc2n1-c1ccccc1. The van der Waals surface area contributed by atoms with E-state index in [1.54, 1.807) is 0 Å². The predicted molar refractivity (Wildman–Crippen MR) is 90.9 cm³/mol. The van der Waals surface area contributed by atoms with Crippen molar-refractivity contribution < 1.29 is 9.90 Å². The van der Waals surface area contributed by atoms with E-state index in [4.69, 9.17) is 10.1 Å². The summed E-state index contributed by atoms with van der Waals surface area (Å²) in [5.74, 6) is 0.314. The molecule has 0 unspecified atom stereocenters. The van der Waals surface area contributed by atoms with Crippen molar-refractivity contribution in [3.63, 3.8) is 0 Å². The van der Waals surface area contributed by atoms with Gasteiger partial charge < -0.3 is 5.11 Å². The zero-order valence-electron chi connectivity index (χ0n) is 13.0. The van der Waals surface area contributed by atoms with Crippen molar-refractivity contribution in [2.75, 3.05) is 0 Å². The molecular weight excluding hydrogens is 288 g/mol. The number of hydrogen-bond acceptors (Lipinski definition) is 2. The number of unbranched alkanes of at least 4 members (excludes halogenated alkanes) is 2. The minimum Gasteiger partial charge on any atom is -0.481 e. The molecule has 0 saturated carbocycles. The molecule has 0 amide bonds. The van der Waals surface area contributed by atoms with Gasteiger partial charge >= 0.3 is 5.97 Å². The van der Waals surface area contributed by atoms with E-state index in [1.807, 2.05) is 36.4 Å². The first-order chi connectivity index (χ1) is 11.3. The van der Waals surface area contributed by atoms with Gasteiger partial charge in [0.25, 0.3) is 0 Å². The molecule has 0 fully saturated rings. The van der Waals surface area contributed by atoms with Gasteiger partial charge in [-0.15, -0.1) is 0 Å². The summed E-state index contributed by atoms with van der Waals surface area (Å²) in [5, 5.41) is 8.70. The number of carboxylic acids is 1. The molecule has 4 nitrogen and oxygen atoms in total. The maximum atomic E-state index is 10.6. The van der Waals surface area contributed by atoms with E-state index in [-0.39, 0.29) is 6.42 Å². The van der Waals surface area contributed by atoms with Crippen molar-refractivity contribution in [2.24, 2.45) is 0 Å². The summed E-state index contributed by atoms with van der Waals surface area (Å²) in [5.41, 5.74) is 3.22. The Labute approximate surface area is 135 Å². The Bertz CT molecular complexity index is 793. The molecule has 23 heavy (non-hydrogen) atoms. The normalized spacial score (nSPS) is 11.0. The summed E-state index contributed by atoms with van der Waals surface area (Å²) in [7, 11) is 0. The Morgan fingerprint density at radius 3 is 2.48 bits per heavy atom. The van der Waals surface area contributed by atoms with Crippen molar-refractivity contribution in [3.8, 4) is 5.69 Å². The minimum absolute atomic E-state index is 0.245. The average Bonchev–Trinajstić information content (AvgIpc) is 2.93. The lowest BCUT2D eigenvalue weighted by molar-refractivity contribution is -0.137. The van der Waals surface area contributed by atoms with Crippen LogP contribution in [0.15, 0.2) is 54.6 Å². The van der Waals surface area contributed by atoms with Gasteiger partial charge in [0.2, 0.25) is 0 Å². The number of benzene rings is 2. The van der Waals surface area contributed by atoms with Crippen molar-refractivity contribution in [2.45, 2.75) is 32.1 Å². The molecular formula is C19H20N2O2. The third kappa shape index (κ3) is 3.59. The first-order valence-corrected chi connectivity index (χ1v) is 7.99. The Kier molecular flexibility index (Phi) is 4.71. The smallest absolute Gasteiger partial charge is 0.303 e. The molecule has 1 heterocycles. The van der Waals surface area contributed by atoms with Crippen LogP contribution in [0.2, 0.25) is 0 Å². The lowest BCUT2D eigenvalue weighted by Gasteiger charge is -2.09. The highest BCUT2D eigenvalue weighted by Gasteiger charge is 2.11. The molecule has 2 aromatic carbocycles. The molecule has 0 aliphatic heterocycles. The second-order valence-corrected chi connectivity index (χ2v) is 5.64. The lowest BCUT2D eigenvalue weighted by atomic mass is 10.1. The summed E-state index contributed by atoms with van der Waals surface area (Å²) in [4.78, 5) is 15.3. The Balaban J connectivity index is 1.83. The molecule has 1 aromatic heterocycles. The number of aliphatic carboxylic acids is 1. The number of imidazole rings is 1. The number of para-hydroxylation sites is 3. The molecule has 118 valence electrons. The maximum absolute atomic E-state index is 10.6. The van der Waals surface area contributed by atoms with Crippen molar-refractivity contribution in [1.29, 1.82) is 0 Å². The van der Waals surface area contributed by atoms with Gasteiger partial charge in [0.1, 0.15) is 5.82 Å². The Morgan fingerprint density at radius 2 is 1.70 bits per heavy atom. The molecule has 0 aliphatic carbocycles. The fraction of sp³-hybridized carbons (Fsp3) is 0.263. The van der Waals surface area contributed by atoms with Crippen LogP contribution in [-0.2, 0) is 11.2 Å². The number of nitrogens with zero attached hydrogens (tertiary/aromatic N) is 2. The van der Waals surface area contributed by atoms with Crippen LogP contribution < -0.4 is 0 Å². The largest absolute Gasteiger partial charge is 0.481 e. The molecule has 3 rings (SSSR count). The molecule has 0 spiro atoms. The molecule has 0 bridgehead atoms. The minimum atomic E-state index is -0.721. The van der Waals surface area contributed by atoms with Crippen LogP contribution in [0.5, 0.6) is 0 Å². The molecule has 0 saturated heterocycles. The number of hydrogen-bond donors (Lipinski definition) is 1. The molecule has 1 N–H and O–H groups in total. The van der Waals surface area contributed by atoms with Gasteiger partial charge in [-0.05, 0) is 37.1 Å². The topological polar surface area (TPSA) is 55.1 Å². The molecule has 3 aromatic rings. The van der Waals surface area contributed by atoms with Crippen molar-refractivity contribution in [3.05, 3.63) is 60.4 Å². The molecule has 0 atom stereocenters. The van der Waals surface area contributed by atoms with Gasteiger partial charge in [0, 0.05) is 18.5 Å². The number of aromatic nitrogens is 2. The summed E-state index contributed by atoms with van der Waals surface area (Å²) >= 11 is 0. The average molecular weight is 308 g/mol. The van der Waals surface area contributed by atoms with Gasteiger partial charge in [-0.25, -0.2) is 4.98 Å². The van der Waals surface area contributed by atoms with E-state index in [2.05, 4.69) is 22.8 Å². The fourth-order valence-electron chi connectivity index (χ4n) is 2.84. The summed E-state index contributed by atoms with van der Waals surface area (Å²) in [6.45, 7) is 0. The highest BCUT2D eigenvalue weighted by Crippen LogP contribution is 2.22. The van der Waals surface area contributed by atoms with Crippen LogP contribution in [0.4, 0.5) is 0 Å². The third-order valence-corrected chi connectivity index (χ3v) is 3.94. The Morgan fingerprint density at radius 1 is 0.957 bits per heavy atom. The molecule has 0 radical (unpaired) electrons. The number of carboxylic acid groups (broad SMARTS) is 1. The van der Waals surface area contributed by atoms with E-state index in [0.717, 1.165) is 48.2 Å². The zero-order chi connectivity index (χ0) is 16.1. The second kappa shape index (κ2) is 7.09. The fourth-order valence-corrected chi connectivity index (χ4v) is 2.84. The Hall–Kier alpha value is -2.62. The van der Waals surface area contributed by atoms with Crippen LogP contribution >= 0.6 is 0 Å². The van der Waals surface area contributed by atoms with E-state index >= 15 is 0 Å². The number of fused-ring (bicyclic) bond motifs is 1. The standard InChI is InChI=1S/C19H20N2O2/c22-19(23)14-6-2-5-13-18-20-16-11-7-8-12-17(16)21(18)15-9-3-1-4-10-15/h1,3-4,7-12H,2,5-6,13-14H2,(H,22,23). The van der Waals surface area contributed by atoms with Crippen LogP contribution in [0.25, 0.3) is 16.7 Å². The van der Waals surface area contributed by atoms with E-state index in [9.17, 15) is 4.79 Å².